The molecule has 3 aromatic carbocycles. The van der Waals surface area contributed by atoms with E-state index in [-0.39, 0.29) is 30.8 Å². The van der Waals surface area contributed by atoms with Crippen molar-refractivity contribution in [1.29, 1.82) is 0 Å². The van der Waals surface area contributed by atoms with Crippen molar-refractivity contribution in [1.82, 2.24) is 10.2 Å². The van der Waals surface area contributed by atoms with Crippen molar-refractivity contribution >= 4 is 27.5 Å². The number of hydrogen-bond acceptors (Lipinski definition) is 4. The first-order chi connectivity index (χ1) is 19.4. The van der Waals surface area contributed by atoms with Gasteiger partial charge in [0.1, 0.15) is 18.4 Å². The Hall–Kier alpha value is -3.72. The van der Waals surface area contributed by atoms with Gasteiger partial charge in [-0.05, 0) is 54.2 Å². The minimum Gasteiger partial charge on any atom is -0.352 e. The van der Waals surface area contributed by atoms with Crippen LogP contribution in [0.5, 0.6) is 0 Å². The van der Waals surface area contributed by atoms with Crippen LogP contribution in [0.2, 0.25) is 0 Å². The summed E-state index contributed by atoms with van der Waals surface area (Å²) in [4.78, 5) is 29.3. The molecule has 0 unspecified atom stereocenters. The normalized spacial score (nSPS) is 13.0. The first-order valence-electron chi connectivity index (χ1n) is 13.9. The molecule has 0 spiro atoms. The molecule has 2 amide bonds. The molecule has 0 aliphatic heterocycles. The van der Waals surface area contributed by atoms with Crippen LogP contribution in [0.15, 0.2) is 78.9 Å². The number of carbonyl (C=O) groups excluding carboxylic acids is 2. The number of nitrogens with one attached hydrogen (secondary N) is 1. The predicted octanol–water partition coefficient (Wildman–Crippen LogP) is 5.27. The summed E-state index contributed by atoms with van der Waals surface area (Å²) in [6, 6.07) is 21.1. The Morgan fingerprint density at radius 2 is 1.49 bits per heavy atom. The molecular formula is C32H40FN3O4S. The van der Waals surface area contributed by atoms with E-state index in [0.717, 1.165) is 21.7 Å². The Bertz CT molecular complexity index is 1410. The highest BCUT2D eigenvalue weighted by molar-refractivity contribution is 7.92. The number of para-hydroxylation sites is 1. The van der Waals surface area contributed by atoms with Gasteiger partial charge in [0.2, 0.25) is 21.8 Å². The second kappa shape index (κ2) is 14.3. The topological polar surface area (TPSA) is 86.8 Å². The summed E-state index contributed by atoms with van der Waals surface area (Å²) in [6.45, 7) is 7.25. The largest absolute Gasteiger partial charge is 0.352 e. The third kappa shape index (κ3) is 8.88. The fourth-order valence-electron chi connectivity index (χ4n) is 4.58. The number of rotatable bonds is 13. The summed E-state index contributed by atoms with van der Waals surface area (Å²) in [7, 11) is -3.87. The molecule has 9 heteroatoms. The van der Waals surface area contributed by atoms with Crippen LogP contribution in [0, 0.1) is 5.82 Å². The van der Waals surface area contributed by atoms with Gasteiger partial charge in [-0.1, -0.05) is 81.4 Å². The molecule has 2 atom stereocenters. The smallest absolute Gasteiger partial charge is 0.244 e. The van der Waals surface area contributed by atoms with Gasteiger partial charge in [0.15, 0.2) is 0 Å². The number of anilines is 1. The van der Waals surface area contributed by atoms with E-state index < -0.39 is 34.3 Å². The number of benzene rings is 3. The molecule has 0 aromatic heterocycles. The predicted molar refractivity (Wildman–Crippen MR) is 162 cm³/mol. The van der Waals surface area contributed by atoms with Gasteiger partial charge in [-0.25, -0.2) is 12.8 Å². The van der Waals surface area contributed by atoms with Gasteiger partial charge < -0.3 is 10.2 Å². The molecule has 220 valence electrons. The highest BCUT2D eigenvalue weighted by Gasteiger charge is 2.34. The van der Waals surface area contributed by atoms with Gasteiger partial charge in [0.25, 0.3) is 0 Å². The zero-order valence-corrected chi connectivity index (χ0v) is 25.2. The number of nitrogens with zero attached hydrogens (tertiary/aromatic N) is 2. The number of sulfonamides is 1. The van der Waals surface area contributed by atoms with Crippen LogP contribution >= 0.6 is 0 Å². The Morgan fingerprint density at radius 1 is 0.878 bits per heavy atom. The van der Waals surface area contributed by atoms with Gasteiger partial charge in [-0.2, -0.15) is 0 Å². The lowest BCUT2D eigenvalue weighted by molar-refractivity contribution is -0.140. The number of amides is 2. The van der Waals surface area contributed by atoms with Crippen LogP contribution < -0.4 is 9.62 Å². The Balaban J connectivity index is 2.09. The fraction of sp³-hybridized carbons (Fsp3) is 0.375. The van der Waals surface area contributed by atoms with Crippen molar-refractivity contribution < 1.29 is 22.4 Å². The minimum absolute atomic E-state index is 0.00598. The van der Waals surface area contributed by atoms with E-state index >= 15 is 0 Å². The molecular weight excluding hydrogens is 541 g/mol. The van der Waals surface area contributed by atoms with Crippen LogP contribution in [0.4, 0.5) is 10.1 Å². The van der Waals surface area contributed by atoms with E-state index in [0.29, 0.717) is 17.7 Å². The molecule has 0 radical (unpaired) electrons. The van der Waals surface area contributed by atoms with Gasteiger partial charge in [0.05, 0.1) is 11.9 Å². The molecule has 7 nitrogen and oxygen atoms in total. The summed E-state index contributed by atoms with van der Waals surface area (Å²) < 4.78 is 41.0. The highest BCUT2D eigenvalue weighted by Crippen LogP contribution is 2.29. The second-order valence-corrected chi connectivity index (χ2v) is 12.6. The van der Waals surface area contributed by atoms with Crippen LogP contribution in [0.25, 0.3) is 0 Å². The maximum Gasteiger partial charge on any atom is 0.244 e. The quantitative estimate of drug-likeness (QED) is 0.298. The maximum absolute atomic E-state index is 14.2. The molecule has 1 N–H and O–H groups in total. The van der Waals surface area contributed by atoms with Crippen molar-refractivity contribution in [2.24, 2.45) is 0 Å². The zero-order valence-electron chi connectivity index (χ0n) is 24.4. The van der Waals surface area contributed by atoms with Crippen molar-refractivity contribution in [3.05, 3.63) is 101 Å². The SMILES string of the molecule is CC[C@@H](C)NC(=O)[C@@H](Cc1ccccc1)N(Cc1ccc(F)cc1)C(=O)CN(c1ccccc1C(C)C)S(C)(=O)=O. The van der Waals surface area contributed by atoms with Crippen molar-refractivity contribution in [2.75, 3.05) is 17.1 Å². The van der Waals surface area contributed by atoms with Gasteiger partial charge in [0, 0.05) is 19.0 Å². The molecule has 0 aliphatic rings. The van der Waals surface area contributed by atoms with E-state index in [1.807, 2.05) is 70.2 Å². The molecule has 0 saturated carbocycles. The van der Waals surface area contributed by atoms with Crippen LogP contribution in [0.3, 0.4) is 0 Å². The standard InChI is InChI=1S/C32H40FN3O4S/c1-6-24(4)34-32(38)30(20-25-12-8-7-9-13-25)35(21-26-16-18-27(33)19-17-26)31(37)22-36(41(5,39)40)29-15-11-10-14-28(29)23(2)3/h7-19,23-24,30H,6,20-22H2,1-5H3,(H,34,38)/t24-,30-/m1/s1. The summed E-state index contributed by atoms with van der Waals surface area (Å²) in [5.41, 5.74) is 2.66. The number of hydrogen-bond donors (Lipinski definition) is 1. The van der Waals surface area contributed by atoms with Crippen molar-refractivity contribution in [3.63, 3.8) is 0 Å². The summed E-state index contributed by atoms with van der Waals surface area (Å²) in [5, 5.41) is 2.99. The van der Waals surface area contributed by atoms with Crippen molar-refractivity contribution in [3.8, 4) is 0 Å². The molecule has 41 heavy (non-hydrogen) atoms. The van der Waals surface area contributed by atoms with E-state index in [9.17, 15) is 22.4 Å². The number of carbonyl (C=O) groups is 2. The van der Waals surface area contributed by atoms with Crippen LogP contribution in [-0.4, -0.2) is 50.0 Å². The average molecular weight is 582 g/mol. The molecule has 3 aromatic rings. The lowest BCUT2D eigenvalue weighted by Crippen LogP contribution is -2.54. The fourth-order valence-corrected chi connectivity index (χ4v) is 5.45. The first kappa shape index (κ1) is 31.8. The molecule has 0 fully saturated rings. The van der Waals surface area contributed by atoms with Crippen molar-refractivity contribution in [2.45, 2.75) is 65.1 Å². The zero-order chi connectivity index (χ0) is 30.2. The Kier molecular flexibility index (Phi) is 11.1. The second-order valence-electron chi connectivity index (χ2n) is 10.7. The first-order valence-corrected chi connectivity index (χ1v) is 15.7. The van der Waals surface area contributed by atoms with Gasteiger partial charge >= 0.3 is 0 Å². The molecule has 0 saturated heterocycles. The highest BCUT2D eigenvalue weighted by atomic mass is 32.2. The lowest BCUT2D eigenvalue weighted by Gasteiger charge is -2.34. The Labute approximate surface area is 243 Å². The summed E-state index contributed by atoms with van der Waals surface area (Å²) >= 11 is 0. The third-order valence-electron chi connectivity index (χ3n) is 7.04. The van der Waals surface area contributed by atoms with Gasteiger partial charge in [-0.3, -0.25) is 13.9 Å². The van der Waals surface area contributed by atoms with Crippen LogP contribution in [-0.2, 0) is 32.6 Å². The average Bonchev–Trinajstić information content (AvgIpc) is 2.94. The molecule has 0 bridgehead atoms. The third-order valence-corrected chi connectivity index (χ3v) is 8.17. The van der Waals surface area contributed by atoms with E-state index in [4.69, 9.17) is 0 Å². The van der Waals surface area contributed by atoms with Crippen LogP contribution in [0.1, 0.15) is 56.7 Å². The maximum atomic E-state index is 14.2. The molecule has 3 rings (SSSR count). The Morgan fingerprint density at radius 3 is 2.07 bits per heavy atom. The lowest BCUT2D eigenvalue weighted by atomic mass is 10.0. The summed E-state index contributed by atoms with van der Waals surface area (Å²) in [6.07, 6.45) is 1.99. The molecule has 0 heterocycles. The van der Waals surface area contributed by atoms with E-state index in [2.05, 4.69) is 5.32 Å². The monoisotopic (exact) mass is 581 g/mol. The van der Waals surface area contributed by atoms with E-state index in [1.54, 1.807) is 24.3 Å². The van der Waals surface area contributed by atoms with E-state index in [1.165, 1.54) is 17.0 Å². The number of halogens is 1. The van der Waals surface area contributed by atoms with Gasteiger partial charge in [-0.15, -0.1) is 0 Å². The summed E-state index contributed by atoms with van der Waals surface area (Å²) in [5.74, 6) is -1.30. The minimum atomic E-state index is -3.87. The molecule has 0 aliphatic carbocycles.